The summed E-state index contributed by atoms with van der Waals surface area (Å²) in [6, 6.07) is 11.1. The van der Waals surface area contributed by atoms with Crippen molar-refractivity contribution >= 4 is 15.9 Å². The predicted octanol–water partition coefficient (Wildman–Crippen LogP) is 1.35. The molecule has 0 N–H and O–H groups in total. The number of rotatable bonds is 5. The number of morpholine rings is 1. The van der Waals surface area contributed by atoms with Crippen LogP contribution in [0.15, 0.2) is 48.8 Å². The number of hydrogen-bond donors (Lipinski definition) is 0. The van der Waals surface area contributed by atoms with E-state index in [4.69, 9.17) is 9.47 Å². The number of nitrogens with zero attached hydrogens (tertiary/aromatic N) is 3. The Hall–Kier alpha value is -2.49. The van der Waals surface area contributed by atoms with E-state index in [0.717, 1.165) is 11.1 Å². The van der Waals surface area contributed by atoms with Crippen molar-refractivity contribution in [2.75, 3.05) is 26.2 Å². The molecule has 164 valence electrons. The molecule has 4 heterocycles. The topological polar surface area (TPSA) is 89.0 Å². The van der Waals surface area contributed by atoms with E-state index in [0.29, 0.717) is 18.7 Å². The SMILES string of the molecule is Cc1ccc(OCC(=O)N2C[C@@H]3C[C@@H]4[C@@](C2)(CN(Cc2ccncc2)S4(=O)=O)O3)cc1. The molecule has 2 bridgehead atoms. The molecule has 0 radical (unpaired) electrons. The Morgan fingerprint density at radius 3 is 2.68 bits per heavy atom. The molecule has 2 aromatic rings. The van der Waals surface area contributed by atoms with Gasteiger partial charge in [-0.25, -0.2) is 8.42 Å². The van der Waals surface area contributed by atoms with E-state index in [1.165, 1.54) is 4.31 Å². The normalized spacial score (nSPS) is 29.0. The summed E-state index contributed by atoms with van der Waals surface area (Å²) in [4.78, 5) is 18.5. The summed E-state index contributed by atoms with van der Waals surface area (Å²) in [7, 11) is -3.52. The molecule has 5 rings (SSSR count). The van der Waals surface area contributed by atoms with Gasteiger partial charge in [0.15, 0.2) is 6.61 Å². The Bertz CT molecular complexity index is 1080. The molecule has 3 saturated heterocycles. The highest BCUT2D eigenvalue weighted by atomic mass is 32.2. The Balaban J connectivity index is 1.29. The maximum Gasteiger partial charge on any atom is 0.260 e. The summed E-state index contributed by atoms with van der Waals surface area (Å²) >= 11 is 0. The van der Waals surface area contributed by atoms with Gasteiger partial charge in [0.1, 0.15) is 16.6 Å². The van der Waals surface area contributed by atoms with Gasteiger partial charge in [-0.1, -0.05) is 17.7 Å². The molecule has 1 aromatic heterocycles. The summed E-state index contributed by atoms with van der Waals surface area (Å²) in [5.41, 5.74) is 1.11. The molecule has 3 aliphatic rings. The van der Waals surface area contributed by atoms with Crippen LogP contribution in [0.3, 0.4) is 0 Å². The second-order valence-corrected chi connectivity index (χ2v) is 10.7. The van der Waals surface area contributed by atoms with Gasteiger partial charge in [0, 0.05) is 32.0 Å². The third-order valence-electron chi connectivity index (χ3n) is 6.36. The number of likely N-dealkylation sites (tertiary alicyclic amines) is 1. The van der Waals surface area contributed by atoms with E-state index in [2.05, 4.69) is 4.98 Å². The summed E-state index contributed by atoms with van der Waals surface area (Å²) in [6.07, 6.45) is 3.45. The lowest BCUT2D eigenvalue weighted by atomic mass is 9.99. The number of ether oxygens (including phenoxy) is 2. The number of benzene rings is 1. The fourth-order valence-electron chi connectivity index (χ4n) is 4.84. The first-order chi connectivity index (χ1) is 14.9. The van der Waals surface area contributed by atoms with Crippen molar-refractivity contribution in [1.29, 1.82) is 0 Å². The van der Waals surface area contributed by atoms with Crippen molar-refractivity contribution in [2.45, 2.75) is 36.8 Å². The molecular formula is C22H25N3O5S. The number of pyridine rings is 1. The van der Waals surface area contributed by atoms with Gasteiger partial charge in [-0.15, -0.1) is 0 Å². The largest absolute Gasteiger partial charge is 0.484 e. The van der Waals surface area contributed by atoms with Gasteiger partial charge in [-0.3, -0.25) is 9.78 Å². The number of aromatic nitrogens is 1. The summed E-state index contributed by atoms with van der Waals surface area (Å²) in [6.45, 7) is 3.10. The van der Waals surface area contributed by atoms with Crippen LogP contribution in [-0.4, -0.2) is 71.7 Å². The number of carbonyl (C=O) groups excluding carboxylic acids is 1. The van der Waals surface area contributed by atoms with Crippen LogP contribution in [0.1, 0.15) is 17.5 Å². The molecule has 0 saturated carbocycles. The highest BCUT2D eigenvalue weighted by molar-refractivity contribution is 7.90. The average Bonchev–Trinajstić information content (AvgIpc) is 3.13. The first-order valence-corrected chi connectivity index (χ1v) is 11.9. The molecule has 31 heavy (non-hydrogen) atoms. The average molecular weight is 444 g/mol. The lowest BCUT2D eigenvalue weighted by molar-refractivity contribution is -0.152. The van der Waals surface area contributed by atoms with Crippen LogP contribution in [0.5, 0.6) is 5.75 Å². The maximum atomic E-state index is 13.2. The lowest BCUT2D eigenvalue weighted by Gasteiger charge is -2.39. The van der Waals surface area contributed by atoms with Crippen molar-refractivity contribution in [3.8, 4) is 5.75 Å². The van der Waals surface area contributed by atoms with Crippen LogP contribution in [0, 0.1) is 6.92 Å². The van der Waals surface area contributed by atoms with E-state index >= 15 is 0 Å². The zero-order valence-electron chi connectivity index (χ0n) is 17.3. The van der Waals surface area contributed by atoms with Gasteiger partial charge in [0.2, 0.25) is 10.0 Å². The highest BCUT2D eigenvalue weighted by Crippen LogP contribution is 2.46. The molecule has 1 aromatic carbocycles. The van der Waals surface area contributed by atoms with Gasteiger partial charge in [-0.05, 0) is 43.2 Å². The first-order valence-electron chi connectivity index (χ1n) is 10.4. The zero-order valence-corrected chi connectivity index (χ0v) is 18.1. The zero-order chi connectivity index (χ0) is 21.6. The van der Waals surface area contributed by atoms with Gasteiger partial charge in [0.05, 0.1) is 12.6 Å². The van der Waals surface area contributed by atoms with Crippen LogP contribution >= 0.6 is 0 Å². The Labute approximate surface area is 181 Å². The fraction of sp³-hybridized carbons (Fsp3) is 0.455. The molecule has 8 nitrogen and oxygen atoms in total. The number of amides is 1. The molecule has 1 spiro atoms. The number of sulfonamides is 1. The Morgan fingerprint density at radius 1 is 1.19 bits per heavy atom. The molecule has 1 amide bonds. The standard InChI is InChI=1S/C22H25N3O5S/c1-16-2-4-18(5-3-16)29-13-21(26)24-12-19-10-20-22(14-24,30-19)15-25(31(20,27)28)11-17-6-8-23-9-7-17/h2-9,19-20H,10-15H2,1H3/t19-,20+,22+/m0/s1. The quantitative estimate of drug-likeness (QED) is 0.693. The molecule has 0 unspecified atom stereocenters. The van der Waals surface area contributed by atoms with Crippen molar-refractivity contribution in [3.63, 3.8) is 0 Å². The third-order valence-corrected chi connectivity index (χ3v) is 8.67. The van der Waals surface area contributed by atoms with E-state index in [-0.39, 0.29) is 38.3 Å². The number of carbonyl (C=O) groups is 1. The third kappa shape index (κ3) is 3.71. The van der Waals surface area contributed by atoms with Crippen molar-refractivity contribution < 1.29 is 22.7 Å². The molecule has 3 atom stereocenters. The second-order valence-electron chi connectivity index (χ2n) is 8.57. The minimum absolute atomic E-state index is 0.0794. The maximum absolute atomic E-state index is 13.2. The lowest BCUT2D eigenvalue weighted by Crippen LogP contribution is -2.57. The Kier molecular flexibility index (Phi) is 4.99. The molecule has 3 fully saturated rings. The summed E-state index contributed by atoms with van der Waals surface area (Å²) in [5, 5.41) is -0.623. The van der Waals surface area contributed by atoms with Gasteiger partial charge >= 0.3 is 0 Å². The molecule has 9 heteroatoms. The van der Waals surface area contributed by atoms with Crippen LogP contribution < -0.4 is 4.74 Å². The summed E-state index contributed by atoms with van der Waals surface area (Å²) in [5.74, 6) is 0.483. The fourth-order valence-corrected chi connectivity index (χ4v) is 7.14. The molecular weight excluding hydrogens is 418 g/mol. The van der Waals surface area contributed by atoms with E-state index in [1.807, 2.05) is 43.3 Å². The molecule has 3 aliphatic heterocycles. The smallest absolute Gasteiger partial charge is 0.260 e. The van der Waals surface area contributed by atoms with Gasteiger partial charge < -0.3 is 14.4 Å². The van der Waals surface area contributed by atoms with E-state index < -0.39 is 20.9 Å². The first kappa shape index (κ1) is 20.4. The van der Waals surface area contributed by atoms with Crippen LogP contribution in [0.25, 0.3) is 0 Å². The van der Waals surface area contributed by atoms with Crippen molar-refractivity contribution in [2.24, 2.45) is 0 Å². The number of aryl methyl sites for hydroxylation is 1. The van der Waals surface area contributed by atoms with Gasteiger partial charge in [0.25, 0.3) is 5.91 Å². The van der Waals surface area contributed by atoms with E-state index in [1.54, 1.807) is 17.3 Å². The highest BCUT2D eigenvalue weighted by Gasteiger charge is 2.65. The minimum atomic E-state index is -3.52. The predicted molar refractivity (Wildman–Crippen MR) is 113 cm³/mol. The van der Waals surface area contributed by atoms with Crippen molar-refractivity contribution in [3.05, 3.63) is 59.9 Å². The van der Waals surface area contributed by atoms with E-state index in [9.17, 15) is 13.2 Å². The van der Waals surface area contributed by atoms with Gasteiger partial charge in [-0.2, -0.15) is 4.31 Å². The number of hydrogen-bond acceptors (Lipinski definition) is 6. The number of fused-ring (bicyclic) bond motifs is 1. The van der Waals surface area contributed by atoms with Crippen molar-refractivity contribution in [1.82, 2.24) is 14.2 Å². The summed E-state index contributed by atoms with van der Waals surface area (Å²) < 4.78 is 39.8. The Morgan fingerprint density at radius 2 is 1.94 bits per heavy atom. The van der Waals surface area contributed by atoms with Crippen LogP contribution in [-0.2, 0) is 26.1 Å². The molecule has 0 aliphatic carbocycles. The minimum Gasteiger partial charge on any atom is -0.484 e. The second kappa shape index (κ2) is 7.58. The monoisotopic (exact) mass is 443 g/mol. The van der Waals surface area contributed by atoms with Crippen LogP contribution in [0.4, 0.5) is 0 Å². The van der Waals surface area contributed by atoms with Crippen LogP contribution in [0.2, 0.25) is 0 Å².